The maximum atomic E-state index is 10.5. The molecule has 104 valence electrons. The molecule has 0 radical (unpaired) electrons. The summed E-state index contributed by atoms with van der Waals surface area (Å²) in [4.78, 5) is 10.5. The van der Waals surface area contributed by atoms with Crippen LogP contribution in [0.15, 0.2) is 17.2 Å². The molecule has 0 saturated heterocycles. The Balaban J connectivity index is 3.01. The number of carbonyl (C=O) groups excluding carboxylic acids is 1. The van der Waals surface area contributed by atoms with Crippen molar-refractivity contribution in [3.8, 4) is 11.5 Å². The zero-order valence-corrected chi connectivity index (χ0v) is 12.9. The highest BCUT2D eigenvalue weighted by molar-refractivity contribution is 14.1. The van der Waals surface area contributed by atoms with Crippen molar-refractivity contribution in [2.24, 2.45) is 10.8 Å². The summed E-state index contributed by atoms with van der Waals surface area (Å²) >= 11 is 2.16. The molecule has 0 aliphatic carbocycles. The number of halogens is 1. The average Bonchev–Trinajstić information content (AvgIpc) is 2.33. The van der Waals surface area contributed by atoms with Crippen molar-refractivity contribution in [1.29, 1.82) is 0 Å². The van der Waals surface area contributed by atoms with Crippen LogP contribution in [-0.2, 0) is 0 Å². The van der Waals surface area contributed by atoms with E-state index in [1.165, 1.54) is 6.21 Å². The minimum Gasteiger partial charge on any atom is -0.490 e. The second-order valence-electron chi connectivity index (χ2n) is 3.43. The van der Waals surface area contributed by atoms with Gasteiger partial charge in [0.25, 0.3) is 0 Å². The van der Waals surface area contributed by atoms with Gasteiger partial charge in [0, 0.05) is 0 Å². The van der Waals surface area contributed by atoms with Gasteiger partial charge in [-0.15, -0.1) is 0 Å². The normalized spacial score (nSPS) is 10.5. The first kappa shape index (κ1) is 15.5. The van der Waals surface area contributed by atoms with Crippen molar-refractivity contribution in [3.05, 3.63) is 21.3 Å². The molecule has 2 amide bonds. The summed E-state index contributed by atoms with van der Waals surface area (Å²) in [6.45, 7) is 4.92. The second kappa shape index (κ2) is 7.82. The summed E-state index contributed by atoms with van der Waals surface area (Å²) in [6, 6.07) is 2.96. The molecule has 0 bridgehead atoms. The minimum absolute atomic E-state index is 0.538. The molecule has 1 aromatic rings. The number of urea groups is 1. The highest BCUT2D eigenvalue weighted by Crippen LogP contribution is 2.33. The summed E-state index contributed by atoms with van der Waals surface area (Å²) in [7, 11) is 0. The molecule has 0 atom stereocenters. The van der Waals surface area contributed by atoms with Gasteiger partial charge in [0.2, 0.25) is 0 Å². The van der Waals surface area contributed by atoms with Crippen LogP contribution in [0.2, 0.25) is 0 Å². The second-order valence-corrected chi connectivity index (χ2v) is 4.59. The van der Waals surface area contributed by atoms with Gasteiger partial charge in [-0.3, -0.25) is 0 Å². The Morgan fingerprint density at radius 3 is 2.68 bits per heavy atom. The number of hydrogen-bond donors (Lipinski definition) is 2. The van der Waals surface area contributed by atoms with Crippen molar-refractivity contribution in [3.63, 3.8) is 0 Å². The molecule has 1 rings (SSSR count). The number of hydrazone groups is 1. The molecule has 0 spiro atoms. The smallest absolute Gasteiger partial charge is 0.332 e. The van der Waals surface area contributed by atoms with E-state index in [4.69, 9.17) is 15.2 Å². The van der Waals surface area contributed by atoms with E-state index < -0.39 is 6.03 Å². The fraction of sp³-hybridized carbons (Fsp3) is 0.333. The maximum Gasteiger partial charge on any atom is 0.332 e. The summed E-state index contributed by atoms with van der Waals surface area (Å²) < 4.78 is 12.0. The lowest BCUT2D eigenvalue weighted by Gasteiger charge is -2.13. The third-order valence-corrected chi connectivity index (χ3v) is 2.81. The predicted molar refractivity (Wildman–Crippen MR) is 81.8 cm³/mol. The zero-order valence-electron chi connectivity index (χ0n) is 10.8. The number of benzene rings is 1. The molecule has 0 saturated carbocycles. The van der Waals surface area contributed by atoms with Gasteiger partial charge in [0.1, 0.15) is 0 Å². The Bertz CT molecular complexity index is 478. The fourth-order valence-electron chi connectivity index (χ4n) is 1.38. The van der Waals surface area contributed by atoms with Crippen LogP contribution in [0.3, 0.4) is 0 Å². The number of hydrogen-bond acceptors (Lipinski definition) is 4. The van der Waals surface area contributed by atoms with E-state index in [1.807, 2.05) is 19.9 Å². The molecular formula is C12H16IN3O3. The highest BCUT2D eigenvalue weighted by Gasteiger charge is 2.11. The number of carbonyl (C=O) groups is 1. The molecule has 0 aliphatic heterocycles. The first-order valence-electron chi connectivity index (χ1n) is 5.76. The van der Waals surface area contributed by atoms with Crippen LogP contribution in [0, 0.1) is 3.57 Å². The summed E-state index contributed by atoms with van der Waals surface area (Å²) in [6.07, 6.45) is 1.49. The van der Waals surface area contributed by atoms with Crippen LogP contribution in [0.4, 0.5) is 4.79 Å². The van der Waals surface area contributed by atoms with E-state index in [0.717, 1.165) is 9.13 Å². The molecule has 0 aliphatic rings. The Labute approximate surface area is 125 Å². The van der Waals surface area contributed by atoms with Gasteiger partial charge in [-0.2, -0.15) is 5.10 Å². The van der Waals surface area contributed by atoms with Crippen LogP contribution in [0.25, 0.3) is 0 Å². The van der Waals surface area contributed by atoms with Crippen molar-refractivity contribution in [2.75, 3.05) is 13.2 Å². The molecule has 0 unspecified atom stereocenters. The Morgan fingerprint density at radius 1 is 1.42 bits per heavy atom. The zero-order chi connectivity index (χ0) is 14.3. The molecule has 7 heteroatoms. The van der Waals surface area contributed by atoms with Gasteiger partial charge in [-0.1, -0.05) is 0 Å². The number of nitrogens with one attached hydrogen (secondary N) is 1. The van der Waals surface area contributed by atoms with Gasteiger partial charge < -0.3 is 15.2 Å². The molecule has 1 aromatic carbocycles. The van der Waals surface area contributed by atoms with Gasteiger partial charge in [-0.25, -0.2) is 10.2 Å². The molecular weight excluding hydrogens is 361 g/mol. The quantitative estimate of drug-likeness (QED) is 0.452. The van der Waals surface area contributed by atoms with Crippen molar-refractivity contribution in [1.82, 2.24) is 5.43 Å². The Morgan fingerprint density at radius 2 is 2.11 bits per heavy atom. The summed E-state index contributed by atoms with van der Waals surface area (Å²) in [5, 5.41) is 3.71. The molecule has 0 aromatic heterocycles. The third-order valence-electron chi connectivity index (χ3n) is 2.01. The van der Waals surface area contributed by atoms with E-state index in [9.17, 15) is 4.79 Å². The lowest BCUT2D eigenvalue weighted by atomic mass is 10.2. The summed E-state index contributed by atoms with van der Waals surface area (Å²) in [5.41, 5.74) is 7.84. The lowest BCUT2D eigenvalue weighted by Crippen LogP contribution is -2.24. The van der Waals surface area contributed by atoms with Crippen LogP contribution in [0.1, 0.15) is 19.4 Å². The van der Waals surface area contributed by atoms with Crippen molar-refractivity contribution < 1.29 is 14.3 Å². The SMILES string of the molecule is CCOc1cc(C=NNC(N)=O)cc(I)c1OCC. The number of rotatable bonds is 6. The molecule has 0 fully saturated rings. The topological polar surface area (TPSA) is 85.9 Å². The number of nitrogens with zero attached hydrogens (tertiary/aromatic N) is 1. The largest absolute Gasteiger partial charge is 0.490 e. The predicted octanol–water partition coefficient (Wildman–Crippen LogP) is 2.09. The Hall–Kier alpha value is -1.51. The van der Waals surface area contributed by atoms with E-state index in [2.05, 4.69) is 33.1 Å². The van der Waals surface area contributed by atoms with Gasteiger partial charge >= 0.3 is 6.03 Å². The summed E-state index contributed by atoms with van der Waals surface area (Å²) in [5.74, 6) is 1.36. The Kier molecular flexibility index (Phi) is 6.40. The van der Waals surface area contributed by atoms with Crippen LogP contribution in [-0.4, -0.2) is 25.5 Å². The van der Waals surface area contributed by atoms with Crippen LogP contribution < -0.4 is 20.6 Å². The van der Waals surface area contributed by atoms with Crippen molar-refractivity contribution >= 4 is 34.8 Å². The van der Waals surface area contributed by atoms with E-state index in [1.54, 1.807) is 6.07 Å². The number of nitrogens with two attached hydrogens (primary N) is 1. The lowest BCUT2D eigenvalue weighted by molar-refractivity contribution is 0.249. The molecule has 0 heterocycles. The van der Waals surface area contributed by atoms with Gasteiger partial charge in [0.05, 0.1) is 23.0 Å². The minimum atomic E-state index is -0.707. The van der Waals surface area contributed by atoms with Gasteiger partial charge in [-0.05, 0) is 54.1 Å². The molecule has 6 nitrogen and oxygen atoms in total. The third kappa shape index (κ3) is 4.93. The number of ether oxygens (including phenoxy) is 2. The number of primary amides is 1. The first-order valence-corrected chi connectivity index (χ1v) is 6.84. The first-order chi connectivity index (χ1) is 9.08. The monoisotopic (exact) mass is 377 g/mol. The maximum absolute atomic E-state index is 10.5. The van der Waals surface area contributed by atoms with Gasteiger partial charge in [0.15, 0.2) is 11.5 Å². The van der Waals surface area contributed by atoms with Crippen molar-refractivity contribution in [2.45, 2.75) is 13.8 Å². The fourth-order valence-corrected chi connectivity index (χ4v) is 2.16. The molecule has 19 heavy (non-hydrogen) atoms. The van der Waals surface area contributed by atoms with E-state index >= 15 is 0 Å². The highest BCUT2D eigenvalue weighted by atomic mass is 127. The number of amides is 2. The average molecular weight is 377 g/mol. The van der Waals surface area contributed by atoms with Crippen LogP contribution >= 0.6 is 22.6 Å². The standard InChI is InChI=1S/C12H16IN3O3/c1-3-18-10-6-8(7-15-16-12(14)17)5-9(13)11(10)19-4-2/h5-7H,3-4H2,1-2H3,(H3,14,16,17). The van der Waals surface area contributed by atoms with Crippen LogP contribution in [0.5, 0.6) is 11.5 Å². The van der Waals surface area contributed by atoms with E-state index in [-0.39, 0.29) is 0 Å². The molecule has 3 N–H and O–H groups in total. The van der Waals surface area contributed by atoms with E-state index in [0.29, 0.717) is 24.7 Å².